The van der Waals surface area contributed by atoms with Crippen LogP contribution in [-0.2, 0) is 4.79 Å². The van der Waals surface area contributed by atoms with Crippen molar-refractivity contribution < 1.29 is 9.90 Å². The van der Waals surface area contributed by atoms with Gasteiger partial charge in [0.05, 0.1) is 4.91 Å². The first-order valence-corrected chi connectivity index (χ1v) is 7.11. The minimum atomic E-state index is -0.213. The lowest BCUT2D eigenvalue weighted by molar-refractivity contribution is -0.113. The molecule has 0 aromatic heterocycles. The fraction of sp³-hybridized carbons (Fsp3) is 0.286. The zero-order chi connectivity index (χ0) is 13.2. The highest BCUT2D eigenvalue weighted by molar-refractivity contribution is 8.18. The smallest absolute Gasteiger partial charge is 0.286 e. The monoisotopic (exact) mass is 274 g/mol. The molecular weight excluding hydrogens is 260 g/mol. The van der Waals surface area contributed by atoms with Gasteiger partial charge in [-0.3, -0.25) is 4.79 Å². The Morgan fingerprint density at radius 1 is 1.26 bits per heavy atom. The molecule has 1 aromatic carbocycles. The van der Waals surface area contributed by atoms with Gasteiger partial charge in [-0.05, 0) is 36.7 Å². The lowest BCUT2D eigenvalue weighted by Gasteiger charge is -2.14. The number of aromatic hydroxyl groups is 1. The summed E-state index contributed by atoms with van der Waals surface area (Å²) < 4.78 is 0. The third kappa shape index (κ3) is 2.51. The van der Waals surface area contributed by atoms with Gasteiger partial charge in [0.25, 0.3) is 5.91 Å². The maximum absolute atomic E-state index is 11.9. The second-order valence-electron chi connectivity index (χ2n) is 4.56. The van der Waals surface area contributed by atoms with Crippen molar-refractivity contribution >= 4 is 28.9 Å². The zero-order valence-corrected chi connectivity index (χ0v) is 11.2. The summed E-state index contributed by atoms with van der Waals surface area (Å²) >= 11 is 1.40. The van der Waals surface area contributed by atoms with Crippen LogP contribution >= 0.6 is 11.8 Å². The first kappa shape index (κ1) is 12.3. The van der Waals surface area contributed by atoms with Gasteiger partial charge < -0.3 is 10.0 Å². The SMILES string of the molecule is O=C1N=C(N2CCCC2)S/C1=C/c1ccccc1O. The van der Waals surface area contributed by atoms with Crippen molar-refractivity contribution in [3.05, 3.63) is 34.7 Å². The van der Waals surface area contributed by atoms with E-state index in [0.717, 1.165) is 31.1 Å². The quantitative estimate of drug-likeness (QED) is 0.799. The van der Waals surface area contributed by atoms with Gasteiger partial charge in [-0.15, -0.1) is 0 Å². The Hall–Kier alpha value is -1.75. The molecule has 1 saturated heterocycles. The van der Waals surface area contributed by atoms with E-state index < -0.39 is 0 Å². The zero-order valence-electron chi connectivity index (χ0n) is 10.4. The average molecular weight is 274 g/mol. The second-order valence-corrected chi connectivity index (χ2v) is 5.57. The molecule has 1 N–H and O–H groups in total. The average Bonchev–Trinajstić information content (AvgIpc) is 3.02. The van der Waals surface area contributed by atoms with Crippen LogP contribution in [0.4, 0.5) is 0 Å². The molecular formula is C14H14N2O2S. The van der Waals surface area contributed by atoms with Crippen LogP contribution in [0.5, 0.6) is 5.75 Å². The molecule has 2 heterocycles. The van der Waals surface area contributed by atoms with E-state index in [0.29, 0.717) is 10.5 Å². The number of phenolic OH excluding ortho intramolecular Hbond substituents is 1. The molecule has 0 atom stereocenters. The lowest BCUT2D eigenvalue weighted by atomic mass is 10.2. The molecule has 19 heavy (non-hydrogen) atoms. The number of hydrogen-bond acceptors (Lipinski definition) is 4. The molecule has 1 aromatic rings. The van der Waals surface area contributed by atoms with Crippen LogP contribution in [0.15, 0.2) is 34.2 Å². The summed E-state index contributed by atoms with van der Waals surface area (Å²) in [6, 6.07) is 6.98. The molecule has 3 rings (SSSR count). The molecule has 0 radical (unpaired) electrons. The molecule has 0 unspecified atom stereocenters. The largest absolute Gasteiger partial charge is 0.507 e. The van der Waals surface area contributed by atoms with Crippen LogP contribution in [0.2, 0.25) is 0 Å². The number of thioether (sulfide) groups is 1. The predicted molar refractivity (Wildman–Crippen MR) is 76.9 cm³/mol. The van der Waals surface area contributed by atoms with E-state index in [1.807, 2.05) is 6.07 Å². The number of rotatable bonds is 1. The predicted octanol–water partition coefficient (Wildman–Crippen LogP) is 2.46. The van der Waals surface area contributed by atoms with Gasteiger partial charge in [0.15, 0.2) is 5.17 Å². The number of amidine groups is 1. The first-order valence-electron chi connectivity index (χ1n) is 6.29. The Bertz CT molecular complexity index is 575. The van der Waals surface area contributed by atoms with E-state index in [1.54, 1.807) is 24.3 Å². The summed E-state index contributed by atoms with van der Waals surface area (Å²) in [4.78, 5) is 18.7. The third-order valence-electron chi connectivity index (χ3n) is 3.21. The summed E-state index contributed by atoms with van der Waals surface area (Å²) in [6.07, 6.45) is 4.02. The van der Waals surface area contributed by atoms with Crippen LogP contribution in [0.25, 0.3) is 6.08 Å². The van der Waals surface area contributed by atoms with Crippen LogP contribution in [0.3, 0.4) is 0 Å². The van der Waals surface area contributed by atoms with Crippen molar-refractivity contribution in [1.29, 1.82) is 0 Å². The minimum absolute atomic E-state index is 0.179. The number of aliphatic imine (C=N–C) groups is 1. The van der Waals surface area contributed by atoms with E-state index >= 15 is 0 Å². The van der Waals surface area contributed by atoms with Crippen LogP contribution in [0.1, 0.15) is 18.4 Å². The van der Waals surface area contributed by atoms with Gasteiger partial charge in [0, 0.05) is 18.7 Å². The van der Waals surface area contributed by atoms with Crippen molar-refractivity contribution in [2.75, 3.05) is 13.1 Å². The van der Waals surface area contributed by atoms with Gasteiger partial charge in [0.2, 0.25) is 0 Å². The van der Waals surface area contributed by atoms with Gasteiger partial charge in [-0.25, -0.2) is 0 Å². The van der Waals surface area contributed by atoms with E-state index in [2.05, 4.69) is 9.89 Å². The molecule has 2 aliphatic rings. The van der Waals surface area contributed by atoms with E-state index in [1.165, 1.54) is 11.8 Å². The molecule has 5 heteroatoms. The number of carbonyl (C=O) groups is 1. The molecule has 98 valence electrons. The molecule has 0 saturated carbocycles. The maximum atomic E-state index is 11.9. The van der Waals surface area contributed by atoms with Gasteiger partial charge in [0.1, 0.15) is 5.75 Å². The van der Waals surface area contributed by atoms with Crippen molar-refractivity contribution in [3.8, 4) is 5.75 Å². The van der Waals surface area contributed by atoms with Crippen molar-refractivity contribution in [2.24, 2.45) is 4.99 Å². The molecule has 0 spiro atoms. The van der Waals surface area contributed by atoms with Gasteiger partial charge in [-0.2, -0.15) is 4.99 Å². The number of amides is 1. The first-order chi connectivity index (χ1) is 9.24. The standard InChI is InChI=1S/C14H14N2O2S/c17-11-6-2-1-5-10(11)9-12-13(18)15-14(19-12)16-7-3-4-8-16/h1-2,5-6,9,17H,3-4,7-8H2/b12-9+. The number of benzene rings is 1. The minimum Gasteiger partial charge on any atom is -0.507 e. The summed E-state index contributed by atoms with van der Waals surface area (Å²) in [5, 5.41) is 10.5. The highest BCUT2D eigenvalue weighted by atomic mass is 32.2. The number of carbonyl (C=O) groups excluding carboxylic acids is 1. The maximum Gasteiger partial charge on any atom is 0.286 e. The second kappa shape index (κ2) is 5.09. The van der Waals surface area contributed by atoms with Gasteiger partial charge in [-0.1, -0.05) is 18.2 Å². The topological polar surface area (TPSA) is 52.9 Å². The summed E-state index contributed by atoms with van der Waals surface area (Å²) in [5.41, 5.74) is 0.649. The molecule has 1 amide bonds. The molecule has 0 bridgehead atoms. The highest BCUT2D eigenvalue weighted by Crippen LogP contribution is 2.32. The van der Waals surface area contributed by atoms with Crippen molar-refractivity contribution in [1.82, 2.24) is 4.90 Å². The number of para-hydroxylation sites is 1. The highest BCUT2D eigenvalue weighted by Gasteiger charge is 2.27. The van der Waals surface area contributed by atoms with Crippen LogP contribution < -0.4 is 0 Å². The Morgan fingerprint density at radius 3 is 2.74 bits per heavy atom. The lowest BCUT2D eigenvalue weighted by Crippen LogP contribution is -2.23. The van der Waals surface area contributed by atoms with E-state index in [-0.39, 0.29) is 11.7 Å². The summed E-state index contributed by atoms with van der Waals surface area (Å²) in [5.74, 6) is -0.0341. The van der Waals surface area contributed by atoms with Crippen molar-refractivity contribution in [3.63, 3.8) is 0 Å². The Labute approximate surface area is 115 Å². The number of likely N-dealkylation sites (tertiary alicyclic amines) is 1. The molecule has 2 aliphatic heterocycles. The van der Waals surface area contributed by atoms with Crippen LogP contribution in [-0.4, -0.2) is 34.2 Å². The Balaban J connectivity index is 1.81. The fourth-order valence-electron chi connectivity index (χ4n) is 2.19. The molecule has 4 nitrogen and oxygen atoms in total. The van der Waals surface area contributed by atoms with Crippen molar-refractivity contribution in [2.45, 2.75) is 12.8 Å². The molecule has 0 aliphatic carbocycles. The third-order valence-corrected chi connectivity index (χ3v) is 4.25. The Morgan fingerprint density at radius 2 is 2.00 bits per heavy atom. The number of nitrogens with zero attached hydrogens (tertiary/aromatic N) is 2. The Kier molecular flexibility index (Phi) is 3.29. The fourth-order valence-corrected chi connectivity index (χ4v) is 3.15. The van der Waals surface area contributed by atoms with E-state index in [4.69, 9.17) is 0 Å². The van der Waals surface area contributed by atoms with Crippen LogP contribution in [0, 0.1) is 0 Å². The summed E-state index contributed by atoms with van der Waals surface area (Å²) in [7, 11) is 0. The number of hydrogen-bond donors (Lipinski definition) is 1. The summed E-state index contributed by atoms with van der Waals surface area (Å²) in [6.45, 7) is 1.95. The normalized spacial score (nSPS) is 21.3. The number of phenols is 1. The van der Waals surface area contributed by atoms with Gasteiger partial charge >= 0.3 is 0 Å². The molecule has 1 fully saturated rings. The van der Waals surface area contributed by atoms with E-state index in [9.17, 15) is 9.90 Å².